The zero-order chi connectivity index (χ0) is 18.7. The molecule has 1 atom stereocenters. The highest BCUT2D eigenvalue weighted by molar-refractivity contribution is 5.76. The Bertz CT molecular complexity index is 686. The third-order valence-corrected chi connectivity index (χ3v) is 4.93. The predicted octanol–water partition coefficient (Wildman–Crippen LogP) is 0.511. The summed E-state index contributed by atoms with van der Waals surface area (Å²) < 4.78 is 5.30. The molecule has 2 aliphatic heterocycles. The number of urea groups is 1. The second kappa shape index (κ2) is 7.24. The fraction of sp³-hybridized carbons (Fsp3) is 0.562. The first kappa shape index (κ1) is 18.1. The van der Waals surface area contributed by atoms with Gasteiger partial charge >= 0.3 is 12.1 Å². The van der Waals surface area contributed by atoms with Crippen LogP contribution in [0.2, 0.25) is 0 Å². The molecule has 142 valence electrons. The van der Waals surface area contributed by atoms with Gasteiger partial charge in [-0.2, -0.15) is 5.10 Å². The summed E-state index contributed by atoms with van der Waals surface area (Å²) in [7, 11) is 0. The first-order valence-corrected chi connectivity index (χ1v) is 8.52. The third-order valence-electron chi connectivity index (χ3n) is 4.93. The summed E-state index contributed by atoms with van der Waals surface area (Å²) in [5.74, 6) is 0.269. The number of nitrogens with zero attached hydrogens (tertiary/aromatic N) is 4. The number of piperazine rings is 1. The van der Waals surface area contributed by atoms with E-state index < -0.39 is 11.6 Å². The molecule has 0 aromatic carbocycles. The van der Waals surface area contributed by atoms with Crippen LogP contribution in [0.5, 0.6) is 0 Å². The lowest BCUT2D eigenvalue weighted by atomic mass is 9.86. The lowest BCUT2D eigenvalue weighted by Crippen LogP contribution is -2.64. The number of aromatic nitrogens is 2. The van der Waals surface area contributed by atoms with Crippen molar-refractivity contribution >= 4 is 17.9 Å². The topological polar surface area (TPSA) is 128 Å². The average Bonchev–Trinajstić information content (AvgIpc) is 3.08. The summed E-state index contributed by atoms with van der Waals surface area (Å²) in [4.78, 5) is 29.6. The van der Waals surface area contributed by atoms with Crippen molar-refractivity contribution in [1.82, 2.24) is 24.9 Å². The van der Waals surface area contributed by atoms with Crippen LogP contribution < -0.4 is 5.73 Å². The average molecular weight is 364 g/mol. The van der Waals surface area contributed by atoms with Crippen molar-refractivity contribution in [2.45, 2.75) is 12.0 Å². The van der Waals surface area contributed by atoms with Gasteiger partial charge in [0.25, 0.3) is 0 Å². The molecule has 0 aliphatic carbocycles. The van der Waals surface area contributed by atoms with Gasteiger partial charge in [0.05, 0.1) is 25.5 Å². The van der Waals surface area contributed by atoms with Crippen LogP contribution in [0.25, 0.3) is 0 Å². The maximum atomic E-state index is 12.9. The van der Waals surface area contributed by atoms with E-state index >= 15 is 0 Å². The monoisotopic (exact) mass is 364 g/mol. The van der Waals surface area contributed by atoms with E-state index in [2.05, 4.69) is 16.8 Å². The molecule has 3 heterocycles. The molecule has 1 aromatic rings. The summed E-state index contributed by atoms with van der Waals surface area (Å²) in [5.41, 5.74) is 5.29. The highest BCUT2D eigenvalue weighted by Gasteiger charge is 2.48. The molecule has 0 saturated carbocycles. The van der Waals surface area contributed by atoms with Gasteiger partial charge < -0.3 is 25.4 Å². The zero-order valence-electron chi connectivity index (χ0n) is 14.6. The van der Waals surface area contributed by atoms with E-state index in [4.69, 9.17) is 10.5 Å². The number of amides is 3. The minimum Gasteiger partial charge on any atom is -0.465 e. The van der Waals surface area contributed by atoms with Crippen LogP contribution in [0, 0.1) is 0 Å². The van der Waals surface area contributed by atoms with Crippen LogP contribution in [-0.2, 0) is 10.3 Å². The van der Waals surface area contributed by atoms with Gasteiger partial charge in [-0.25, -0.2) is 9.59 Å². The molecule has 1 unspecified atom stereocenters. The fourth-order valence-corrected chi connectivity index (χ4v) is 3.64. The van der Waals surface area contributed by atoms with Crippen molar-refractivity contribution in [1.29, 1.82) is 0 Å². The number of aromatic amines is 1. The molecule has 3 rings (SSSR count). The number of hydrogen-bond acceptors (Lipinski definition) is 5. The molecule has 3 amide bonds. The van der Waals surface area contributed by atoms with E-state index in [1.165, 1.54) is 4.90 Å². The Labute approximate surface area is 151 Å². The van der Waals surface area contributed by atoms with Crippen molar-refractivity contribution in [3.05, 3.63) is 24.4 Å². The highest BCUT2D eigenvalue weighted by atomic mass is 16.5. The molecule has 1 aromatic heterocycles. The van der Waals surface area contributed by atoms with Crippen LogP contribution in [0.1, 0.15) is 12.1 Å². The molecule has 4 N–H and O–H groups in total. The normalized spacial score (nSPS) is 23.8. The van der Waals surface area contributed by atoms with E-state index in [1.54, 1.807) is 21.9 Å². The molecule has 2 aliphatic rings. The molecule has 10 heteroatoms. The first-order valence-electron chi connectivity index (χ1n) is 8.52. The predicted molar refractivity (Wildman–Crippen MR) is 93.6 cm³/mol. The number of anilines is 1. The number of ether oxygens (including phenoxy) is 1. The van der Waals surface area contributed by atoms with E-state index in [0.717, 1.165) is 0 Å². The molecular weight excluding hydrogens is 340 g/mol. The number of carboxylic acid groups (broad SMARTS) is 1. The second-order valence-electron chi connectivity index (χ2n) is 6.47. The molecule has 2 fully saturated rings. The second-order valence-corrected chi connectivity index (χ2v) is 6.47. The number of nitrogens with two attached hydrogens (primary N) is 1. The number of nitrogens with one attached hydrogen (secondary N) is 1. The van der Waals surface area contributed by atoms with E-state index in [9.17, 15) is 14.7 Å². The number of carbonyl (C=O) groups excluding carboxylic acids is 1. The van der Waals surface area contributed by atoms with E-state index in [0.29, 0.717) is 45.0 Å². The van der Waals surface area contributed by atoms with E-state index in [1.807, 2.05) is 0 Å². The molecule has 10 nitrogen and oxygen atoms in total. The van der Waals surface area contributed by atoms with Crippen molar-refractivity contribution in [2.75, 3.05) is 51.7 Å². The summed E-state index contributed by atoms with van der Waals surface area (Å²) in [6.45, 7) is 6.57. The van der Waals surface area contributed by atoms with Crippen LogP contribution in [-0.4, -0.2) is 88.1 Å². The molecule has 0 radical (unpaired) electrons. The number of morpholine rings is 1. The summed E-state index contributed by atoms with van der Waals surface area (Å²) in [6.07, 6.45) is 0.919. The van der Waals surface area contributed by atoms with Gasteiger partial charge in [-0.15, -0.1) is 6.58 Å². The van der Waals surface area contributed by atoms with E-state index in [-0.39, 0.29) is 24.9 Å². The Hall–Kier alpha value is -2.75. The Morgan fingerprint density at radius 3 is 2.65 bits per heavy atom. The lowest BCUT2D eigenvalue weighted by molar-refractivity contribution is -0.00133. The smallest absolute Gasteiger partial charge is 0.408 e. The van der Waals surface area contributed by atoms with Crippen LogP contribution in [0.4, 0.5) is 15.4 Å². The van der Waals surface area contributed by atoms with Crippen molar-refractivity contribution < 1.29 is 19.4 Å². The molecule has 0 spiro atoms. The largest absolute Gasteiger partial charge is 0.465 e. The van der Waals surface area contributed by atoms with Crippen LogP contribution in [0.15, 0.2) is 18.7 Å². The SMILES string of the molecule is C=CCC1(c2cc(N)n[nH]2)CN(C(=O)N2CCOCC2)CCN1C(=O)O. The number of carbonyl (C=O) groups is 2. The van der Waals surface area contributed by atoms with Gasteiger partial charge in [0.2, 0.25) is 0 Å². The summed E-state index contributed by atoms with van der Waals surface area (Å²) in [5, 5.41) is 16.5. The minimum atomic E-state index is -1.06. The standard InChI is InChI=1S/C16H24N6O4/c1-2-3-16(12-10-13(17)19-18-12)11-21(4-5-22(16)15(24)25)14(23)20-6-8-26-9-7-20/h2,10H,1,3-9,11H2,(H,24,25)(H3,17,18,19). The summed E-state index contributed by atoms with van der Waals surface area (Å²) >= 11 is 0. The van der Waals surface area contributed by atoms with Crippen LogP contribution in [0.3, 0.4) is 0 Å². The number of H-pyrrole nitrogens is 1. The van der Waals surface area contributed by atoms with Crippen molar-refractivity contribution in [2.24, 2.45) is 0 Å². The Kier molecular flexibility index (Phi) is 5.03. The van der Waals surface area contributed by atoms with Gasteiger partial charge in [0, 0.05) is 32.2 Å². The van der Waals surface area contributed by atoms with Crippen molar-refractivity contribution in [3.8, 4) is 0 Å². The molecule has 0 bridgehead atoms. The molecular formula is C16H24N6O4. The lowest BCUT2D eigenvalue weighted by Gasteiger charge is -2.49. The Morgan fingerprint density at radius 2 is 2.08 bits per heavy atom. The highest BCUT2D eigenvalue weighted by Crippen LogP contribution is 2.36. The minimum absolute atomic E-state index is 0.112. The quantitative estimate of drug-likeness (QED) is 0.671. The fourth-order valence-electron chi connectivity index (χ4n) is 3.64. The number of nitrogen functional groups attached to an aromatic ring is 1. The Morgan fingerprint density at radius 1 is 1.35 bits per heavy atom. The van der Waals surface area contributed by atoms with Gasteiger partial charge in [0.1, 0.15) is 11.4 Å². The zero-order valence-corrected chi connectivity index (χ0v) is 14.6. The number of hydrogen-bond donors (Lipinski definition) is 3. The third kappa shape index (κ3) is 3.19. The Balaban J connectivity index is 1.92. The molecule has 2 saturated heterocycles. The maximum absolute atomic E-state index is 12.9. The maximum Gasteiger partial charge on any atom is 0.408 e. The van der Waals surface area contributed by atoms with Crippen molar-refractivity contribution in [3.63, 3.8) is 0 Å². The van der Waals surface area contributed by atoms with Gasteiger partial charge in [-0.3, -0.25) is 10.00 Å². The first-order chi connectivity index (χ1) is 12.5. The van der Waals surface area contributed by atoms with Gasteiger partial charge in [-0.1, -0.05) is 6.08 Å². The van der Waals surface area contributed by atoms with Gasteiger partial charge in [-0.05, 0) is 6.42 Å². The van der Waals surface area contributed by atoms with Crippen LogP contribution >= 0.6 is 0 Å². The number of rotatable bonds is 3. The summed E-state index contributed by atoms with van der Waals surface area (Å²) in [6, 6.07) is 1.50. The molecule has 26 heavy (non-hydrogen) atoms. The van der Waals surface area contributed by atoms with Gasteiger partial charge in [0.15, 0.2) is 0 Å².